The second kappa shape index (κ2) is 9.34. The molecule has 3 unspecified atom stereocenters. The van der Waals surface area contributed by atoms with Crippen molar-refractivity contribution >= 4 is 27.8 Å². The Bertz CT molecular complexity index is 851. The minimum absolute atomic E-state index is 0.0550. The van der Waals surface area contributed by atoms with E-state index in [0.29, 0.717) is 18.0 Å². The van der Waals surface area contributed by atoms with Gasteiger partial charge in [0.15, 0.2) is 5.76 Å². The summed E-state index contributed by atoms with van der Waals surface area (Å²) in [6, 6.07) is -0.371. The molecular weight excluding hydrogens is 412 g/mol. The van der Waals surface area contributed by atoms with E-state index >= 15 is 0 Å². The topological polar surface area (TPSA) is 109 Å². The summed E-state index contributed by atoms with van der Waals surface area (Å²) in [6.45, 7) is 3.96. The summed E-state index contributed by atoms with van der Waals surface area (Å²) in [7, 11) is 2.41. The van der Waals surface area contributed by atoms with Crippen LogP contribution in [0.1, 0.15) is 33.1 Å². The molecule has 2 rings (SSSR count). The molecule has 2 aliphatic rings. The van der Waals surface area contributed by atoms with Crippen LogP contribution in [0.5, 0.6) is 0 Å². The summed E-state index contributed by atoms with van der Waals surface area (Å²) in [5, 5.41) is 0. The van der Waals surface area contributed by atoms with Crippen molar-refractivity contribution in [2.75, 3.05) is 41.1 Å². The maximum atomic E-state index is 12.7. The Kier molecular flexibility index (Phi) is 7.51. The number of aliphatic imine (C=N–C) groups is 1. The summed E-state index contributed by atoms with van der Waals surface area (Å²) in [5.74, 6) is -0.408. The van der Waals surface area contributed by atoms with Crippen molar-refractivity contribution in [3.8, 4) is 0 Å². The molecule has 0 bridgehead atoms. The van der Waals surface area contributed by atoms with Gasteiger partial charge in [-0.25, -0.2) is 4.99 Å². The minimum Gasteiger partial charge on any atom is -0.383 e. The Morgan fingerprint density at radius 3 is 2.37 bits per heavy atom. The van der Waals surface area contributed by atoms with Crippen molar-refractivity contribution in [2.45, 2.75) is 51.3 Å². The molecule has 3 atom stereocenters. The lowest BCUT2D eigenvalue weighted by atomic mass is 10.1. The van der Waals surface area contributed by atoms with Gasteiger partial charge in [-0.15, -0.1) is 0 Å². The van der Waals surface area contributed by atoms with Crippen LogP contribution in [-0.2, 0) is 28.6 Å². The molecule has 1 fully saturated rings. The van der Waals surface area contributed by atoms with Crippen LogP contribution in [0.25, 0.3) is 0 Å². The van der Waals surface area contributed by atoms with Crippen LogP contribution < -0.4 is 0 Å². The van der Waals surface area contributed by atoms with Crippen molar-refractivity contribution < 1.29 is 26.9 Å². The fourth-order valence-electron chi connectivity index (χ4n) is 3.64. The van der Waals surface area contributed by atoms with Crippen molar-refractivity contribution in [3.63, 3.8) is 0 Å². The van der Waals surface area contributed by atoms with Crippen molar-refractivity contribution in [2.24, 2.45) is 4.99 Å². The molecule has 0 saturated carbocycles. The van der Waals surface area contributed by atoms with E-state index in [1.807, 2.05) is 11.8 Å². The van der Waals surface area contributed by atoms with Crippen LogP contribution in [0, 0.1) is 0 Å². The number of amides is 2. The number of amidine groups is 1. The Labute approximate surface area is 178 Å². The highest BCUT2D eigenvalue weighted by atomic mass is 32.2. The van der Waals surface area contributed by atoms with Gasteiger partial charge in [-0.2, -0.15) is 8.42 Å². The van der Waals surface area contributed by atoms with Crippen molar-refractivity contribution in [3.05, 3.63) is 11.5 Å². The first-order valence-corrected chi connectivity index (χ1v) is 11.7. The third kappa shape index (κ3) is 5.31. The monoisotopic (exact) mass is 444 g/mol. The number of hydrogen-bond donors (Lipinski definition) is 0. The SMILES string of the molecule is COC(C)C1=C(OS(C)(=O)=O)CN2C(=N1)C(N(C)C(=O)C(=O)N(C)C)CCCC2C. The number of carbonyl (C=O) groups is 2. The number of hydrogen-bond acceptors (Lipinski definition) is 8. The van der Waals surface area contributed by atoms with E-state index in [2.05, 4.69) is 0 Å². The van der Waals surface area contributed by atoms with Gasteiger partial charge in [-0.3, -0.25) is 9.59 Å². The zero-order chi connectivity index (χ0) is 22.8. The van der Waals surface area contributed by atoms with Gasteiger partial charge in [0, 0.05) is 34.3 Å². The average Bonchev–Trinajstić information content (AvgIpc) is 2.82. The number of methoxy groups -OCH3 is 1. The van der Waals surface area contributed by atoms with Crippen LogP contribution in [0.15, 0.2) is 16.4 Å². The molecule has 0 aromatic carbocycles. The minimum atomic E-state index is -3.75. The van der Waals surface area contributed by atoms with Crippen LogP contribution in [-0.4, -0.2) is 100 Å². The molecule has 0 aromatic heterocycles. The fourth-order valence-corrected chi connectivity index (χ4v) is 4.14. The molecule has 0 aliphatic carbocycles. The number of ether oxygens (including phenoxy) is 1. The van der Waals surface area contributed by atoms with E-state index in [1.54, 1.807) is 14.0 Å². The highest BCUT2D eigenvalue weighted by Gasteiger charge is 2.39. The van der Waals surface area contributed by atoms with Crippen LogP contribution in [0.4, 0.5) is 0 Å². The lowest BCUT2D eigenvalue weighted by molar-refractivity contribution is -0.150. The van der Waals surface area contributed by atoms with Gasteiger partial charge in [0.05, 0.1) is 24.9 Å². The van der Waals surface area contributed by atoms with E-state index in [4.69, 9.17) is 13.9 Å². The van der Waals surface area contributed by atoms with E-state index in [9.17, 15) is 18.0 Å². The third-order valence-corrected chi connectivity index (χ3v) is 5.93. The first-order valence-electron chi connectivity index (χ1n) is 9.86. The summed E-state index contributed by atoms with van der Waals surface area (Å²) in [6.07, 6.45) is 2.77. The van der Waals surface area contributed by atoms with Crippen molar-refractivity contribution in [1.29, 1.82) is 0 Å². The zero-order valence-corrected chi connectivity index (χ0v) is 19.5. The predicted octanol–water partition coefficient (Wildman–Crippen LogP) is 0.411. The summed E-state index contributed by atoms with van der Waals surface area (Å²) in [5.41, 5.74) is 0.369. The van der Waals surface area contributed by atoms with Gasteiger partial charge in [0.25, 0.3) is 0 Å². The summed E-state index contributed by atoms with van der Waals surface area (Å²) >= 11 is 0. The normalized spacial score (nSPS) is 23.2. The first kappa shape index (κ1) is 24.1. The van der Waals surface area contributed by atoms with Crippen LogP contribution in [0.3, 0.4) is 0 Å². The standard InChI is InChI=1S/C19H32N4O6S/c1-12-9-8-10-14(22(5)19(25)18(24)21(3)4)17-20-16(13(2)28-6)15(11-23(12)17)29-30(7,26)27/h12-14H,8-11H2,1-7H3. The molecule has 0 aromatic rings. The molecule has 2 heterocycles. The molecule has 1 saturated heterocycles. The molecule has 30 heavy (non-hydrogen) atoms. The molecular formula is C19H32N4O6S. The number of nitrogens with zero attached hydrogens (tertiary/aromatic N) is 4. The number of fused-ring (bicyclic) bond motifs is 1. The Balaban J connectivity index is 2.54. The molecule has 2 aliphatic heterocycles. The van der Waals surface area contributed by atoms with E-state index in [-0.39, 0.29) is 18.3 Å². The molecule has 170 valence electrons. The smallest absolute Gasteiger partial charge is 0.312 e. The van der Waals surface area contributed by atoms with E-state index in [1.165, 1.54) is 31.0 Å². The lowest BCUT2D eigenvalue weighted by Crippen LogP contribution is -2.54. The molecule has 0 radical (unpaired) electrons. The Morgan fingerprint density at radius 1 is 1.20 bits per heavy atom. The molecule has 2 amide bonds. The van der Waals surface area contributed by atoms with Crippen LogP contribution in [0.2, 0.25) is 0 Å². The summed E-state index contributed by atoms with van der Waals surface area (Å²) in [4.78, 5) is 34.3. The van der Waals surface area contributed by atoms with E-state index < -0.39 is 34.1 Å². The molecule has 11 heteroatoms. The van der Waals surface area contributed by atoms with Crippen LogP contribution >= 0.6 is 0 Å². The van der Waals surface area contributed by atoms with Gasteiger partial charge in [0.2, 0.25) is 0 Å². The summed E-state index contributed by atoms with van der Waals surface area (Å²) < 4.78 is 34.2. The lowest BCUT2D eigenvalue weighted by Gasteiger charge is -2.39. The molecule has 0 spiro atoms. The van der Waals surface area contributed by atoms with Gasteiger partial charge in [-0.1, -0.05) is 0 Å². The third-order valence-electron chi connectivity index (χ3n) is 5.43. The quantitative estimate of drug-likeness (QED) is 0.446. The van der Waals surface area contributed by atoms with Gasteiger partial charge < -0.3 is 23.6 Å². The number of carbonyl (C=O) groups excluding carboxylic acids is 2. The first-order chi connectivity index (χ1) is 13.9. The highest BCUT2D eigenvalue weighted by Crippen LogP contribution is 2.30. The Morgan fingerprint density at radius 2 is 1.83 bits per heavy atom. The largest absolute Gasteiger partial charge is 0.383 e. The second-order valence-corrected chi connectivity index (χ2v) is 9.56. The molecule has 10 nitrogen and oxygen atoms in total. The predicted molar refractivity (Wildman–Crippen MR) is 112 cm³/mol. The zero-order valence-electron chi connectivity index (χ0n) is 18.7. The van der Waals surface area contributed by atoms with Gasteiger partial charge in [0.1, 0.15) is 11.5 Å². The fraction of sp³-hybridized carbons (Fsp3) is 0.737. The van der Waals surface area contributed by atoms with Crippen molar-refractivity contribution in [1.82, 2.24) is 14.7 Å². The highest BCUT2D eigenvalue weighted by molar-refractivity contribution is 7.86. The Hall–Kier alpha value is -2.14. The maximum Gasteiger partial charge on any atom is 0.312 e. The number of likely N-dealkylation sites (N-methyl/N-ethyl adjacent to an activating group) is 2. The molecule has 0 N–H and O–H groups in total. The van der Waals surface area contributed by atoms with Gasteiger partial charge >= 0.3 is 21.9 Å². The van der Waals surface area contributed by atoms with Gasteiger partial charge in [-0.05, 0) is 33.1 Å². The number of rotatable bonds is 5. The second-order valence-electron chi connectivity index (χ2n) is 7.98. The van der Waals surface area contributed by atoms with E-state index in [0.717, 1.165) is 19.1 Å². The average molecular weight is 445 g/mol. The maximum absolute atomic E-state index is 12.7.